The highest BCUT2D eigenvalue weighted by atomic mass is 79.9. The van der Waals surface area contributed by atoms with Gasteiger partial charge in [-0.05, 0) is 24.1 Å². The van der Waals surface area contributed by atoms with Crippen molar-refractivity contribution >= 4 is 21.9 Å². The topological polar surface area (TPSA) is 55.0 Å². The molecule has 98 valence electrons. The summed E-state index contributed by atoms with van der Waals surface area (Å²) in [4.78, 5) is 11.0. The number of benzene rings is 1. The van der Waals surface area contributed by atoms with Crippen molar-refractivity contribution in [3.8, 4) is 11.1 Å². The van der Waals surface area contributed by atoms with Crippen molar-refractivity contribution in [1.29, 1.82) is 0 Å². The van der Waals surface area contributed by atoms with Crippen LogP contribution in [0.2, 0.25) is 0 Å². The summed E-state index contributed by atoms with van der Waals surface area (Å²) in [5.74, 6) is 0.772. The van der Waals surface area contributed by atoms with E-state index in [-0.39, 0.29) is 6.04 Å². The van der Waals surface area contributed by atoms with Crippen LogP contribution in [0.25, 0.3) is 11.1 Å². The maximum atomic E-state index is 5.90. The first kappa shape index (κ1) is 12.6. The lowest BCUT2D eigenvalue weighted by atomic mass is 10.1. The van der Waals surface area contributed by atoms with E-state index in [0.29, 0.717) is 0 Å². The highest BCUT2D eigenvalue weighted by Crippen LogP contribution is 2.22. The van der Waals surface area contributed by atoms with Gasteiger partial charge in [0.05, 0.1) is 0 Å². The van der Waals surface area contributed by atoms with Gasteiger partial charge in [0.15, 0.2) is 0 Å². The van der Waals surface area contributed by atoms with Gasteiger partial charge in [-0.15, -0.1) is 0 Å². The van der Waals surface area contributed by atoms with E-state index >= 15 is 0 Å². The second kappa shape index (κ2) is 5.27. The largest absolute Gasteiger partial charge is 0.339 e. The molecule has 2 N–H and O–H groups in total. The van der Waals surface area contributed by atoms with Crippen LogP contribution in [0, 0.1) is 0 Å². The molecule has 1 fully saturated rings. The quantitative estimate of drug-likeness (QED) is 0.924. The van der Waals surface area contributed by atoms with Gasteiger partial charge in [0.1, 0.15) is 0 Å². The van der Waals surface area contributed by atoms with Gasteiger partial charge in [-0.1, -0.05) is 28.1 Å². The van der Waals surface area contributed by atoms with Crippen LogP contribution in [0.4, 0.5) is 5.95 Å². The molecule has 4 nitrogen and oxygen atoms in total. The van der Waals surface area contributed by atoms with E-state index < -0.39 is 0 Å². The molecule has 1 aliphatic rings. The lowest BCUT2D eigenvalue weighted by molar-refractivity contribution is 0.750. The molecule has 2 aromatic rings. The molecular weight excluding hydrogens is 304 g/mol. The van der Waals surface area contributed by atoms with Crippen LogP contribution < -0.4 is 10.6 Å². The van der Waals surface area contributed by atoms with Gasteiger partial charge in [-0.3, -0.25) is 0 Å². The summed E-state index contributed by atoms with van der Waals surface area (Å²) in [5.41, 5.74) is 8.04. The summed E-state index contributed by atoms with van der Waals surface area (Å²) in [7, 11) is 0. The Morgan fingerprint density at radius 1 is 1.11 bits per heavy atom. The number of nitrogens with zero attached hydrogens (tertiary/aromatic N) is 3. The van der Waals surface area contributed by atoms with Crippen LogP contribution >= 0.6 is 15.9 Å². The molecule has 0 spiro atoms. The Morgan fingerprint density at radius 3 is 2.37 bits per heavy atom. The first-order valence-corrected chi connectivity index (χ1v) is 7.10. The zero-order chi connectivity index (χ0) is 13.2. The van der Waals surface area contributed by atoms with Gasteiger partial charge >= 0.3 is 0 Å². The molecule has 1 aromatic carbocycles. The highest BCUT2D eigenvalue weighted by Gasteiger charge is 2.20. The number of rotatable bonds is 2. The zero-order valence-corrected chi connectivity index (χ0v) is 12.0. The minimum Gasteiger partial charge on any atom is -0.339 e. The Hall–Kier alpha value is -1.46. The summed E-state index contributed by atoms with van der Waals surface area (Å²) < 4.78 is 1.07. The van der Waals surface area contributed by atoms with Crippen molar-refractivity contribution < 1.29 is 0 Å². The van der Waals surface area contributed by atoms with Gasteiger partial charge < -0.3 is 10.6 Å². The van der Waals surface area contributed by atoms with E-state index in [0.717, 1.165) is 41.1 Å². The van der Waals surface area contributed by atoms with Crippen LogP contribution in [0.3, 0.4) is 0 Å². The average Bonchev–Trinajstić information content (AvgIpc) is 2.87. The normalized spacial score (nSPS) is 18.8. The first-order valence-electron chi connectivity index (χ1n) is 6.31. The van der Waals surface area contributed by atoms with Gasteiger partial charge in [0, 0.05) is 41.6 Å². The fourth-order valence-corrected chi connectivity index (χ4v) is 2.51. The zero-order valence-electron chi connectivity index (χ0n) is 10.5. The lowest BCUT2D eigenvalue weighted by Gasteiger charge is -2.15. The van der Waals surface area contributed by atoms with Crippen LogP contribution in [0.15, 0.2) is 41.1 Å². The molecule has 19 heavy (non-hydrogen) atoms. The summed E-state index contributed by atoms with van der Waals surface area (Å²) >= 11 is 3.43. The molecule has 1 atom stereocenters. The van der Waals surface area contributed by atoms with E-state index in [9.17, 15) is 0 Å². The maximum absolute atomic E-state index is 5.90. The standard InChI is InChI=1S/C14H15BrN4/c15-12-3-1-10(2-4-12)11-7-17-14(18-8-11)19-6-5-13(16)9-19/h1-4,7-8,13H,5-6,9,16H2. The van der Waals surface area contributed by atoms with Crippen molar-refractivity contribution in [2.24, 2.45) is 5.73 Å². The van der Waals surface area contributed by atoms with E-state index in [1.54, 1.807) is 0 Å². The Labute approximate surface area is 120 Å². The minimum atomic E-state index is 0.245. The van der Waals surface area contributed by atoms with Gasteiger partial charge in [0.2, 0.25) is 5.95 Å². The molecule has 1 aromatic heterocycles. The third-order valence-corrected chi connectivity index (χ3v) is 3.85. The van der Waals surface area contributed by atoms with Crippen LogP contribution in [-0.4, -0.2) is 29.1 Å². The number of nitrogens with two attached hydrogens (primary N) is 1. The van der Waals surface area contributed by atoms with Crippen LogP contribution in [0.5, 0.6) is 0 Å². The molecule has 5 heteroatoms. The Balaban J connectivity index is 1.80. The first-order chi connectivity index (χ1) is 9.22. The molecular formula is C14H15BrN4. The molecule has 0 amide bonds. The maximum Gasteiger partial charge on any atom is 0.225 e. The van der Waals surface area contributed by atoms with Crippen LogP contribution in [-0.2, 0) is 0 Å². The molecule has 0 saturated carbocycles. The second-order valence-corrected chi connectivity index (χ2v) is 5.69. The van der Waals surface area contributed by atoms with E-state index in [1.807, 2.05) is 36.7 Å². The average molecular weight is 319 g/mol. The van der Waals surface area contributed by atoms with Gasteiger partial charge in [-0.2, -0.15) is 0 Å². The van der Waals surface area contributed by atoms with Crippen molar-refractivity contribution in [2.75, 3.05) is 18.0 Å². The van der Waals surface area contributed by atoms with Crippen molar-refractivity contribution in [1.82, 2.24) is 9.97 Å². The molecule has 1 aliphatic heterocycles. The third-order valence-electron chi connectivity index (χ3n) is 3.32. The number of halogens is 1. The SMILES string of the molecule is NC1CCN(c2ncc(-c3ccc(Br)cc3)cn2)C1. The predicted molar refractivity (Wildman–Crippen MR) is 80.0 cm³/mol. The molecule has 1 saturated heterocycles. The highest BCUT2D eigenvalue weighted by molar-refractivity contribution is 9.10. The molecule has 3 rings (SSSR count). The summed E-state index contributed by atoms with van der Waals surface area (Å²) in [5, 5.41) is 0. The molecule has 2 heterocycles. The number of aromatic nitrogens is 2. The van der Waals surface area contributed by atoms with Crippen molar-refractivity contribution in [3.63, 3.8) is 0 Å². The smallest absolute Gasteiger partial charge is 0.225 e. The molecule has 0 aliphatic carbocycles. The van der Waals surface area contributed by atoms with E-state index in [1.165, 1.54) is 0 Å². The summed E-state index contributed by atoms with van der Waals surface area (Å²) in [6.45, 7) is 1.79. The molecule has 1 unspecified atom stereocenters. The molecule has 0 bridgehead atoms. The number of hydrogen-bond donors (Lipinski definition) is 1. The third kappa shape index (κ3) is 2.77. The number of hydrogen-bond acceptors (Lipinski definition) is 4. The monoisotopic (exact) mass is 318 g/mol. The van der Waals surface area contributed by atoms with Crippen molar-refractivity contribution in [2.45, 2.75) is 12.5 Å². The van der Waals surface area contributed by atoms with Crippen LogP contribution in [0.1, 0.15) is 6.42 Å². The summed E-state index contributed by atoms with van der Waals surface area (Å²) in [6, 6.07) is 8.38. The fraction of sp³-hybridized carbons (Fsp3) is 0.286. The van der Waals surface area contributed by atoms with Gasteiger partial charge in [-0.25, -0.2) is 9.97 Å². The Kier molecular flexibility index (Phi) is 3.48. The summed E-state index contributed by atoms with van der Waals surface area (Å²) in [6.07, 6.45) is 4.75. The molecule has 0 radical (unpaired) electrons. The lowest BCUT2D eigenvalue weighted by Crippen LogP contribution is -2.27. The van der Waals surface area contributed by atoms with E-state index in [4.69, 9.17) is 5.73 Å². The predicted octanol–water partition coefficient (Wildman–Crippen LogP) is 2.44. The van der Waals surface area contributed by atoms with Gasteiger partial charge in [0.25, 0.3) is 0 Å². The second-order valence-electron chi connectivity index (χ2n) is 4.77. The van der Waals surface area contributed by atoms with E-state index in [2.05, 4.69) is 30.8 Å². The number of anilines is 1. The minimum absolute atomic E-state index is 0.245. The fourth-order valence-electron chi connectivity index (χ4n) is 2.24. The Bertz CT molecular complexity index is 553. The Morgan fingerprint density at radius 2 is 1.79 bits per heavy atom. The van der Waals surface area contributed by atoms with Crippen molar-refractivity contribution in [3.05, 3.63) is 41.1 Å².